The van der Waals surface area contributed by atoms with Gasteiger partial charge in [-0.2, -0.15) is 4.68 Å². The minimum absolute atomic E-state index is 0.116. The van der Waals surface area contributed by atoms with E-state index in [-0.39, 0.29) is 18.6 Å². The number of amides is 1. The lowest BCUT2D eigenvalue weighted by molar-refractivity contribution is -0.117. The highest BCUT2D eigenvalue weighted by molar-refractivity contribution is 6.18. The summed E-state index contributed by atoms with van der Waals surface area (Å²) in [6, 6.07) is 9.14. The predicted molar refractivity (Wildman–Crippen MR) is 82.5 cm³/mol. The van der Waals surface area contributed by atoms with Gasteiger partial charge in [-0.1, -0.05) is 37.3 Å². The lowest BCUT2D eigenvalue weighted by Crippen LogP contribution is -2.38. The number of aryl methyl sites for hydroxylation is 1. The van der Waals surface area contributed by atoms with E-state index in [1.165, 1.54) is 4.68 Å². The average Bonchev–Trinajstić information content (AvgIpc) is 2.97. The number of nitrogens with zero attached hydrogens (tertiary/aromatic N) is 4. The Kier molecular flexibility index (Phi) is 5.37. The van der Waals surface area contributed by atoms with Crippen LogP contribution in [-0.2, 0) is 4.79 Å². The number of aliphatic hydroxyl groups is 1. The van der Waals surface area contributed by atoms with Gasteiger partial charge in [-0.25, -0.2) is 0 Å². The van der Waals surface area contributed by atoms with Crippen LogP contribution in [-0.4, -0.2) is 43.9 Å². The summed E-state index contributed by atoms with van der Waals surface area (Å²) >= 11 is 0. The Hall–Kier alpha value is -2.54. The highest BCUT2D eigenvalue weighted by atomic mass is 16.3. The van der Waals surface area contributed by atoms with Gasteiger partial charge in [0, 0.05) is 0 Å². The number of aromatic nitrogens is 4. The third-order valence-electron chi connectivity index (χ3n) is 3.24. The van der Waals surface area contributed by atoms with Crippen molar-refractivity contribution < 1.29 is 9.90 Å². The molecule has 1 heterocycles. The quantitative estimate of drug-likeness (QED) is 0.772. The van der Waals surface area contributed by atoms with Crippen molar-refractivity contribution in [3.8, 4) is 0 Å². The van der Waals surface area contributed by atoms with Gasteiger partial charge in [0.05, 0.1) is 12.6 Å². The van der Waals surface area contributed by atoms with Crippen molar-refractivity contribution in [2.24, 2.45) is 0 Å². The molecule has 7 heteroatoms. The molecule has 2 rings (SSSR count). The van der Waals surface area contributed by atoms with Gasteiger partial charge in [0.25, 0.3) is 5.91 Å². The van der Waals surface area contributed by atoms with Crippen LogP contribution in [0.15, 0.2) is 30.3 Å². The van der Waals surface area contributed by atoms with Crippen LogP contribution in [0, 0.1) is 6.92 Å². The standard InChI is InChI=1S/C15H19N5O2/c1-3-13(10-21)16-15(22)14(20-11(2)17-18-19-20)9-12-7-5-4-6-8-12/h4-9,13,21H,3,10H2,1-2H3,(H,16,22)/b14-9-. The van der Waals surface area contributed by atoms with Gasteiger partial charge < -0.3 is 10.4 Å². The van der Waals surface area contributed by atoms with E-state index >= 15 is 0 Å². The highest BCUT2D eigenvalue weighted by Crippen LogP contribution is 2.12. The van der Waals surface area contributed by atoms with Crippen LogP contribution in [0.1, 0.15) is 24.7 Å². The number of nitrogens with one attached hydrogen (secondary N) is 1. The number of hydrogen-bond donors (Lipinski definition) is 2. The first-order chi connectivity index (χ1) is 10.7. The summed E-state index contributed by atoms with van der Waals surface area (Å²) in [5.74, 6) is 0.175. The molecule has 0 saturated carbocycles. The van der Waals surface area contributed by atoms with E-state index in [2.05, 4.69) is 20.8 Å². The molecule has 0 spiro atoms. The SMILES string of the molecule is CCC(CO)NC(=O)/C(=C/c1ccccc1)n1nnnc1C. The third kappa shape index (κ3) is 3.76. The van der Waals surface area contributed by atoms with E-state index < -0.39 is 0 Å². The Morgan fingerprint density at radius 3 is 2.68 bits per heavy atom. The molecule has 0 saturated heterocycles. The number of benzene rings is 1. The maximum absolute atomic E-state index is 12.5. The summed E-state index contributed by atoms with van der Waals surface area (Å²) in [7, 11) is 0. The molecule has 2 N–H and O–H groups in total. The van der Waals surface area contributed by atoms with E-state index in [0.717, 1.165) is 5.56 Å². The van der Waals surface area contributed by atoms with Gasteiger partial charge in [0.2, 0.25) is 0 Å². The summed E-state index contributed by atoms with van der Waals surface area (Å²) in [6.07, 6.45) is 2.35. The molecule has 1 aromatic heterocycles. The minimum atomic E-state index is -0.333. The van der Waals surface area contributed by atoms with Crippen LogP contribution in [0.25, 0.3) is 11.8 Å². The fraction of sp³-hybridized carbons (Fsp3) is 0.333. The van der Waals surface area contributed by atoms with Crippen LogP contribution in [0.3, 0.4) is 0 Å². The van der Waals surface area contributed by atoms with Gasteiger partial charge in [0.1, 0.15) is 5.70 Å². The van der Waals surface area contributed by atoms with E-state index in [9.17, 15) is 9.90 Å². The molecule has 0 bridgehead atoms. The molecule has 0 aliphatic carbocycles. The zero-order valence-corrected chi connectivity index (χ0v) is 12.6. The fourth-order valence-corrected chi connectivity index (χ4v) is 1.92. The molecule has 0 aliphatic heterocycles. The predicted octanol–water partition coefficient (Wildman–Crippen LogP) is 0.867. The smallest absolute Gasteiger partial charge is 0.270 e. The first-order valence-electron chi connectivity index (χ1n) is 7.09. The van der Waals surface area contributed by atoms with Crippen molar-refractivity contribution in [1.82, 2.24) is 25.5 Å². The number of aliphatic hydroxyl groups excluding tert-OH is 1. The molecule has 116 valence electrons. The molecule has 2 aromatic rings. The molecular weight excluding hydrogens is 282 g/mol. The van der Waals surface area contributed by atoms with Crippen LogP contribution in [0.4, 0.5) is 0 Å². The maximum atomic E-state index is 12.5. The van der Waals surface area contributed by atoms with E-state index in [4.69, 9.17) is 0 Å². The Bertz CT molecular complexity index is 647. The summed E-state index contributed by atoms with van der Waals surface area (Å²) in [4.78, 5) is 12.5. The molecule has 7 nitrogen and oxygen atoms in total. The van der Waals surface area contributed by atoms with Crippen molar-refractivity contribution in [1.29, 1.82) is 0 Å². The van der Waals surface area contributed by atoms with E-state index in [1.54, 1.807) is 13.0 Å². The largest absolute Gasteiger partial charge is 0.394 e. The lowest BCUT2D eigenvalue weighted by atomic mass is 10.1. The fourth-order valence-electron chi connectivity index (χ4n) is 1.92. The number of rotatable bonds is 6. The summed E-state index contributed by atoms with van der Waals surface area (Å²) in [5, 5.41) is 23.3. The Balaban J connectivity index is 2.36. The number of carbonyl (C=O) groups excluding carboxylic acids is 1. The molecule has 1 aromatic carbocycles. The molecule has 0 fully saturated rings. The maximum Gasteiger partial charge on any atom is 0.270 e. The number of tetrazole rings is 1. The zero-order valence-electron chi connectivity index (χ0n) is 12.6. The average molecular weight is 301 g/mol. The second-order valence-electron chi connectivity index (χ2n) is 4.84. The van der Waals surface area contributed by atoms with Crippen molar-refractivity contribution in [2.45, 2.75) is 26.3 Å². The molecule has 22 heavy (non-hydrogen) atoms. The number of hydrogen-bond acceptors (Lipinski definition) is 5. The van der Waals surface area contributed by atoms with Crippen LogP contribution in [0.2, 0.25) is 0 Å². The van der Waals surface area contributed by atoms with E-state index in [0.29, 0.717) is 17.9 Å². The van der Waals surface area contributed by atoms with Gasteiger partial charge in [-0.15, -0.1) is 5.10 Å². The minimum Gasteiger partial charge on any atom is -0.394 e. The van der Waals surface area contributed by atoms with Gasteiger partial charge in [-0.3, -0.25) is 4.79 Å². The van der Waals surface area contributed by atoms with Gasteiger partial charge in [-0.05, 0) is 35.4 Å². The zero-order chi connectivity index (χ0) is 15.9. The molecule has 1 unspecified atom stereocenters. The Morgan fingerprint density at radius 2 is 2.14 bits per heavy atom. The van der Waals surface area contributed by atoms with Gasteiger partial charge >= 0.3 is 0 Å². The summed E-state index contributed by atoms with van der Waals surface area (Å²) in [6.45, 7) is 3.49. The van der Waals surface area contributed by atoms with Crippen LogP contribution < -0.4 is 5.32 Å². The van der Waals surface area contributed by atoms with Crippen LogP contribution >= 0.6 is 0 Å². The summed E-state index contributed by atoms with van der Waals surface area (Å²) < 4.78 is 1.38. The van der Waals surface area contributed by atoms with Crippen molar-refractivity contribution >= 4 is 17.7 Å². The second kappa shape index (κ2) is 7.46. The monoisotopic (exact) mass is 301 g/mol. The van der Waals surface area contributed by atoms with Crippen molar-refractivity contribution in [2.75, 3.05) is 6.61 Å². The molecule has 0 aliphatic rings. The normalized spacial score (nSPS) is 13.0. The van der Waals surface area contributed by atoms with Crippen molar-refractivity contribution in [3.05, 3.63) is 41.7 Å². The first kappa shape index (κ1) is 15.8. The third-order valence-corrected chi connectivity index (χ3v) is 3.24. The molecule has 1 atom stereocenters. The Morgan fingerprint density at radius 1 is 1.41 bits per heavy atom. The summed E-state index contributed by atoms with van der Waals surface area (Å²) in [5.41, 5.74) is 1.17. The Labute approximate surface area is 128 Å². The van der Waals surface area contributed by atoms with E-state index in [1.807, 2.05) is 37.3 Å². The van der Waals surface area contributed by atoms with Crippen LogP contribution in [0.5, 0.6) is 0 Å². The second-order valence-corrected chi connectivity index (χ2v) is 4.84. The molecule has 1 amide bonds. The van der Waals surface area contributed by atoms with Gasteiger partial charge in [0.15, 0.2) is 5.82 Å². The highest BCUT2D eigenvalue weighted by Gasteiger charge is 2.18. The first-order valence-corrected chi connectivity index (χ1v) is 7.09. The lowest BCUT2D eigenvalue weighted by Gasteiger charge is -2.15. The molecular formula is C15H19N5O2. The van der Waals surface area contributed by atoms with Crippen molar-refractivity contribution in [3.63, 3.8) is 0 Å². The molecule has 0 radical (unpaired) electrons. The topological polar surface area (TPSA) is 92.9 Å². The number of carbonyl (C=O) groups is 1.